The van der Waals surface area contributed by atoms with E-state index in [0.29, 0.717) is 0 Å². The quantitative estimate of drug-likeness (QED) is 0.190. The van der Waals surface area contributed by atoms with Gasteiger partial charge in [0.2, 0.25) is 11.8 Å². The molecule has 0 bridgehead atoms. The number of amides is 4. The lowest BCUT2D eigenvalue weighted by atomic mass is 10.1. The average Bonchev–Trinajstić information content (AvgIpc) is 2.50. The van der Waals surface area contributed by atoms with Crippen LogP contribution in [0, 0.1) is 0 Å². The van der Waals surface area contributed by atoms with E-state index in [0.717, 1.165) is 10.6 Å². The zero-order valence-electron chi connectivity index (χ0n) is 13.8. The van der Waals surface area contributed by atoms with Crippen LogP contribution in [0.2, 0.25) is 0 Å². The molecule has 4 amide bonds. The third-order valence-corrected chi connectivity index (χ3v) is 2.71. The highest BCUT2D eigenvalue weighted by Crippen LogP contribution is 2.16. The Morgan fingerprint density at radius 1 is 0.690 bits per heavy atom. The highest BCUT2D eigenvalue weighted by atomic mass is 19.4. The Bertz CT molecular complexity index is 648. The van der Waals surface area contributed by atoms with Crippen LogP contribution in [0.5, 0.6) is 0 Å². The van der Waals surface area contributed by atoms with E-state index in [4.69, 9.17) is 0 Å². The summed E-state index contributed by atoms with van der Waals surface area (Å²) < 4.78 is 77.4. The van der Waals surface area contributed by atoms with Crippen LogP contribution in [-0.4, -0.2) is 60.0 Å². The van der Waals surface area contributed by atoms with E-state index in [1.165, 1.54) is 0 Å². The molecule has 6 N–H and O–H groups in total. The van der Waals surface area contributed by atoms with E-state index in [1.54, 1.807) is 0 Å². The van der Waals surface area contributed by atoms with Gasteiger partial charge in [0.25, 0.3) is 0 Å². The predicted molar refractivity (Wildman–Crippen MR) is 74.7 cm³/mol. The summed E-state index contributed by atoms with van der Waals surface area (Å²) in [5, 5.41) is 1.98. The molecule has 11 nitrogen and oxygen atoms in total. The Kier molecular flexibility index (Phi) is 8.56. The van der Waals surface area contributed by atoms with Crippen molar-refractivity contribution in [2.75, 3.05) is 0 Å². The van der Waals surface area contributed by atoms with Crippen LogP contribution < -0.4 is 22.1 Å². The standard InChI is InChI=1S/C12H12F6N4O7/c13-11(14,15)9(27)21-3(1-5(19)23)7(25)29-8(26)4(2-6(20)24)22-10(28)12(16,17)18/h3-4H,1-2H2,(H2,19,23)(H2,20,24)(H,21,27)(H,22,28)/t3-,4-/m0/s1. The molecule has 0 saturated heterocycles. The van der Waals surface area contributed by atoms with Crippen molar-refractivity contribution >= 4 is 35.6 Å². The SMILES string of the molecule is NC(=O)C[C@H](NC(=O)C(F)(F)F)C(=O)OC(=O)[C@H](CC(N)=O)NC(=O)C(F)(F)F. The number of alkyl halides is 6. The van der Waals surface area contributed by atoms with Gasteiger partial charge in [0, 0.05) is 0 Å². The topological polar surface area (TPSA) is 188 Å². The third-order valence-electron chi connectivity index (χ3n) is 2.71. The van der Waals surface area contributed by atoms with Crippen molar-refractivity contribution in [2.45, 2.75) is 37.3 Å². The first-order valence-electron chi connectivity index (χ1n) is 7.02. The fourth-order valence-electron chi connectivity index (χ4n) is 1.51. The Morgan fingerprint density at radius 3 is 1.17 bits per heavy atom. The van der Waals surface area contributed by atoms with Crippen LogP contribution in [0.15, 0.2) is 0 Å². The Labute approximate surface area is 156 Å². The normalized spacial score (nSPS) is 13.6. The summed E-state index contributed by atoms with van der Waals surface area (Å²) in [7, 11) is 0. The van der Waals surface area contributed by atoms with Crippen molar-refractivity contribution < 1.29 is 59.8 Å². The number of nitrogens with one attached hydrogen (secondary N) is 2. The Hall–Kier alpha value is -3.40. The molecule has 0 aliphatic rings. The summed E-state index contributed by atoms with van der Waals surface area (Å²) in [4.78, 5) is 66.8. The zero-order valence-corrected chi connectivity index (χ0v) is 13.8. The van der Waals surface area contributed by atoms with Crippen molar-refractivity contribution in [3.05, 3.63) is 0 Å². The van der Waals surface area contributed by atoms with Gasteiger partial charge in [-0.15, -0.1) is 0 Å². The number of hydrogen-bond donors (Lipinski definition) is 4. The number of carbonyl (C=O) groups is 6. The first-order valence-corrected chi connectivity index (χ1v) is 7.02. The second-order valence-corrected chi connectivity index (χ2v) is 5.13. The molecule has 0 aliphatic carbocycles. The maximum atomic E-state index is 12.2. The number of carbonyl (C=O) groups excluding carboxylic acids is 6. The minimum atomic E-state index is -5.52. The third kappa shape index (κ3) is 9.38. The minimum absolute atomic E-state index is 0.988. The highest BCUT2D eigenvalue weighted by Gasteiger charge is 2.43. The van der Waals surface area contributed by atoms with Gasteiger partial charge in [-0.1, -0.05) is 0 Å². The summed E-state index contributed by atoms with van der Waals surface area (Å²) >= 11 is 0. The molecule has 17 heteroatoms. The van der Waals surface area contributed by atoms with Crippen LogP contribution in [-0.2, 0) is 33.5 Å². The number of rotatable bonds is 8. The molecule has 0 spiro atoms. The first kappa shape index (κ1) is 25.6. The van der Waals surface area contributed by atoms with Crippen LogP contribution in [0.25, 0.3) is 0 Å². The number of ether oxygens (including phenoxy) is 1. The molecule has 0 unspecified atom stereocenters. The lowest BCUT2D eigenvalue weighted by Crippen LogP contribution is -2.52. The number of nitrogens with two attached hydrogens (primary N) is 2. The van der Waals surface area contributed by atoms with Crippen molar-refractivity contribution in [2.24, 2.45) is 11.5 Å². The van der Waals surface area contributed by atoms with Crippen LogP contribution in [0.1, 0.15) is 12.8 Å². The molecule has 0 aromatic rings. The molecular formula is C12H12F6N4O7. The van der Waals surface area contributed by atoms with Crippen molar-refractivity contribution in [1.29, 1.82) is 0 Å². The van der Waals surface area contributed by atoms with Crippen LogP contribution in [0.4, 0.5) is 26.3 Å². The number of hydrogen-bond acceptors (Lipinski definition) is 7. The molecule has 0 aromatic heterocycles. The lowest BCUT2D eigenvalue weighted by molar-refractivity contribution is -0.179. The van der Waals surface area contributed by atoms with E-state index in [2.05, 4.69) is 16.2 Å². The fourth-order valence-corrected chi connectivity index (χ4v) is 1.51. The van der Waals surface area contributed by atoms with Crippen LogP contribution in [0.3, 0.4) is 0 Å². The molecule has 29 heavy (non-hydrogen) atoms. The second kappa shape index (κ2) is 9.69. The summed E-state index contributed by atoms with van der Waals surface area (Å²) in [5.41, 5.74) is 9.36. The molecule has 0 radical (unpaired) electrons. The molecule has 0 saturated carbocycles. The predicted octanol–water partition coefficient (Wildman–Crippen LogP) is -2.10. The largest absolute Gasteiger partial charge is 0.471 e. The molecule has 0 heterocycles. The van der Waals surface area contributed by atoms with Crippen molar-refractivity contribution in [3.63, 3.8) is 0 Å². The maximum Gasteiger partial charge on any atom is 0.471 e. The number of halogens is 6. The van der Waals surface area contributed by atoms with Gasteiger partial charge in [-0.3, -0.25) is 19.2 Å². The van der Waals surface area contributed by atoms with Crippen LogP contribution >= 0.6 is 0 Å². The van der Waals surface area contributed by atoms with Gasteiger partial charge in [-0.2, -0.15) is 26.3 Å². The average molecular weight is 438 g/mol. The molecule has 0 rings (SSSR count). The first-order chi connectivity index (χ1) is 12.9. The minimum Gasteiger partial charge on any atom is -0.390 e. The number of esters is 2. The monoisotopic (exact) mass is 438 g/mol. The van der Waals surface area contributed by atoms with E-state index < -0.39 is 72.8 Å². The second-order valence-electron chi connectivity index (χ2n) is 5.13. The van der Waals surface area contributed by atoms with E-state index in [9.17, 15) is 55.1 Å². The van der Waals surface area contributed by atoms with Gasteiger partial charge in [0.15, 0.2) is 0 Å². The van der Waals surface area contributed by atoms with Gasteiger partial charge < -0.3 is 26.8 Å². The van der Waals surface area contributed by atoms with Crippen molar-refractivity contribution in [1.82, 2.24) is 10.6 Å². The van der Waals surface area contributed by atoms with Gasteiger partial charge in [0.05, 0.1) is 12.8 Å². The molecule has 0 aliphatic heterocycles. The molecular weight excluding hydrogens is 426 g/mol. The summed E-state index contributed by atoms with van der Waals surface area (Å²) in [6, 6.07) is -4.92. The molecule has 2 atom stereocenters. The highest BCUT2D eigenvalue weighted by molar-refractivity contribution is 5.98. The molecule has 0 fully saturated rings. The smallest absolute Gasteiger partial charge is 0.390 e. The van der Waals surface area contributed by atoms with E-state index in [-0.39, 0.29) is 0 Å². The molecule has 0 aromatic carbocycles. The van der Waals surface area contributed by atoms with E-state index >= 15 is 0 Å². The number of primary amides is 2. The summed E-state index contributed by atoms with van der Waals surface area (Å²) in [6.45, 7) is 0. The summed E-state index contributed by atoms with van der Waals surface area (Å²) in [5.74, 6) is -12.4. The molecule has 164 valence electrons. The zero-order chi connectivity index (χ0) is 23.2. The lowest BCUT2D eigenvalue weighted by Gasteiger charge is -2.19. The van der Waals surface area contributed by atoms with Crippen molar-refractivity contribution in [3.8, 4) is 0 Å². The van der Waals surface area contributed by atoms with Gasteiger partial charge in [0.1, 0.15) is 12.1 Å². The van der Waals surface area contributed by atoms with Gasteiger partial charge >= 0.3 is 36.1 Å². The summed E-state index contributed by atoms with van der Waals surface area (Å²) in [6.07, 6.45) is -13.6. The Morgan fingerprint density at radius 2 is 0.966 bits per heavy atom. The maximum absolute atomic E-state index is 12.2. The van der Waals surface area contributed by atoms with Gasteiger partial charge in [-0.05, 0) is 0 Å². The van der Waals surface area contributed by atoms with E-state index in [1.807, 2.05) is 0 Å². The Balaban J connectivity index is 5.42. The van der Waals surface area contributed by atoms with Gasteiger partial charge in [-0.25, -0.2) is 9.59 Å². The fraction of sp³-hybridized carbons (Fsp3) is 0.500.